The fourth-order valence-corrected chi connectivity index (χ4v) is 2.57. The molecule has 1 aromatic carbocycles. The van der Waals surface area contributed by atoms with E-state index in [0.717, 1.165) is 30.4 Å². The Balaban J connectivity index is 1.87. The van der Waals surface area contributed by atoms with Crippen LogP contribution in [0, 0.1) is 11.8 Å². The van der Waals surface area contributed by atoms with E-state index in [1.807, 2.05) is 12.1 Å². The van der Waals surface area contributed by atoms with Crippen LogP contribution in [0.3, 0.4) is 0 Å². The van der Waals surface area contributed by atoms with E-state index in [9.17, 15) is 0 Å². The first-order valence-corrected chi connectivity index (χ1v) is 7.24. The number of hydrogen-bond donors (Lipinski definition) is 1. The lowest BCUT2D eigenvalue weighted by Crippen LogP contribution is -2.27. The maximum absolute atomic E-state index is 6.01. The number of methoxy groups -OCH3 is 1. The van der Waals surface area contributed by atoms with Crippen molar-refractivity contribution in [3.05, 3.63) is 35.4 Å². The summed E-state index contributed by atoms with van der Waals surface area (Å²) >= 11 is 0. The third-order valence-corrected chi connectivity index (χ3v) is 3.66. The summed E-state index contributed by atoms with van der Waals surface area (Å²) in [7, 11) is 1.78. The van der Waals surface area contributed by atoms with Crippen LogP contribution in [0.5, 0.6) is 0 Å². The maximum atomic E-state index is 6.01. The monoisotopic (exact) mass is 273 g/mol. The van der Waals surface area contributed by atoms with Crippen molar-refractivity contribution < 1.29 is 9.47 Å². The van der Waals surface area contributed by atoms with Crippen molar-refractivity contribution in [2.24, 2.45) is 5.73 Å². The molecule has 0 spiro atoms. The van der Waals surface area contributed by atoms with Crippen molar-refractivity contribution in [1.29, 1.82) is 0 Å². The topological polar surface area (TPSA) is 44.5 Å². The van der Waals surface area contributed by atoms with Gasteiger partial charge in [-0.1, -0.05) is 24.0 Å². The zero-order chi connectivity index (χ0) is 14.2. The van der Waals surface area contributed by atoms with E-state index in [1.165, 1.54) is 6.42 Å². The summed E-state index contributed by atoms with van der Waals surface area (Å²) in [6.07, 6.45) is 5.14. The Bertz CT molecular complexity index is 475. The molecule has 2 atom stereocenters. The van der Waals surface area contributed by atoms with E-state index in [0.29, 0.717) is 25.4 Å². The minimum Gasteiger partial charge on any atom is -0.381 e. The number of rotatable bonds is 4. The van der Waals surface area contributed by atoms with Crippen LogP contribution in [-0.2, 0) is 16.1 Å². The van der Waals surface area contributed by atoms with Crippen LogP contribution in [0.1, 0.15) is 36.8 Å². The van der Waals surface area contributed by atoms with E-state index >= 15 is 0 Å². The average molecular weight is 273 g/mol. The minimum atomic E-state index is 0.312. The predicted molar refractivity (Wildman–Crippen MR) is 80.2 cm³/mol. The maximum Gasteiger partial charge on any atom is 0.0721 e. The van der Waals surface area contributed by atoms with Gasteiger partial charge in [0.25, 0.3) is 0 Å². The van der Waals surface area contributed by atoms with Gasteiger partial charge in [0.2, 0.25) is 0 Å². The van der Waals surface area contributed by atoms with Gasteiger partial charge in [-0.15, -0.1) is 0 Å². The van der Waals surface area contributed by atoms with Gasteiger partial charge in [0.1, 0.15) is 0 Å². The zero-order valence-electron chi connectivity index (χ0n) is 12.1. The summed E-state index contributed by atoms with van der Waals surface area (Å²) in [6, 6.07) is 8.15. The summed E-state index contributed by atoms with van der Waals surface area (Å²) in [5.74, 6) is 5.92. The summed E-state index contributed by atoms with van der Waals surface area (Å²) in [6.45, 7) is 1.03. The Labute approximate surface area is 121 Å². The Morgan fingerprint density at radius 1 is 1.30 bits per heavy atom. The molecule has 0 bridgehead atoms. The molecular weight excluding hydrogens is 250 g/mol. The SMILES string of the molecule is COC1CCCC(OCc2cccc(C#CCN)c2)C1. The van der Waals surface area contributed by atoms with E-state index in [4.69, 9.17) is 15.2 Å². The third-order valence-electron chi connectivity index (χ3n) is 3.66. The highest BCUT2D eigenvalue weighted by Crippen LogP contribution is 2.24. The fraction of sp³-hybridized carbons (Fsp3) is 0.529. The van der Waals surface area contributed by atoms with Crippen LogP contribution in [0.15, 0.2) is 24.3 Å². The lowest BCUT2D eigenvalue weighted by molar-refractivity contribution is -0.0363. The highest BCUT2D eigenvalue weighted by atomic mass is 16.5. The van der Waals surface area contributed by atoms with E-state index in [-0.39, 0.29) is 0 Å². The van der Waals surface area contributed by atoms with Crippen LogP contribution in [0.4, 0.5) is 0 Å². The second-order valence-corrected chi connectivity index (χ2v) is 5.16. The molecule has 0 aromatic heterocycles. The first kappa shape index (κ1) is 15.1. The summed E-state index contributed by atoms with van der Waals surface area (Å²) in [5, 5.41) is 0. The quantitative estimate of drug-likeness (QED) is 0.857. The molecule has 1 saturated carbocycles. The van der Waals surface area contributed by atoms with Gasteiger partial charge >= 0.3 is 0 Å². The van der Waals surface area contributed by atoms with Gasteiger partial charge in [0.05, 0.1) is 25.4 Å². The first-order chi connectivity index (χ1) is 9.81. The molecule has 0 heterocycles. The van der Waals surface area contributed by atoms with Crippen LogP contribution < -0.4 is 5.73 Å². The van der Waals surface area contributed by atoms with Crippen molar-refractivity contribution in [3.8, 4) is 11.8 Å². The lowest BCUT2D eigenvalue weighted by Gasteiger charge is -2.28. The molecule has 3 nitrogen and oxygen atoms in total. The fourth-order valence-electron chi connectivity index (χ4n) is 2.57. The van der Waals surface area contributed by atoms with Gasteiger partial charge in [-0.3, -0.25) is 0 Å². The van der Waals surface area contributed by atoms with Crippen LogP contribution in [0.2, 0.25) is 0 Å². The van der Waals surface area contributed by atoms with Gasteiger partial charge < -0.3 is 15.2 Å². The van der Waals surface area contributed by atoms with Crippen LogP contribution in [-0.4, -0.2) is 25.9 Å². The minimum absolute atomic E-state index is 0.312. The van der Waals surface area contributed by atoms with E-state index in [2.05, 4.69) is 24.0 Å². The normalized spacial score (nSPS) is 22.1. The van der Waals surface area contributed by atoms with Gasteiger partial charge in [-0.05, 0) is 43.4 Å². The second kappa shape index (κ2) is 8.06. The number of hydrogen-bond acceptors (Lipinski definition) is 3. The first-order valence-electron chi connectivity index (χ1n) is 7.24. The Morgan fingerprint density at radius 3 is 2.95 bits per heavy atom. The standard InChI is InChI=1S/C17H23NO2/c1-19-16-8-3-9-17(12-16)20-13-15-6-2-5-14(11-15)7-4-10-18/h2,5-6,11,16-17H,3,8-10,12-13,18H2,1H3. The molecule has 1 aliphatic carbocycles. The number of benzene rings is 1. The third kappa shape index (κ3) is 4.64. The zero-order valence-corrected chi connectivity index (χ0v) is 12.1. The van der Waals surface area contributed by atoms with Crippen molar-refractivity contribution in [1.82, 2.24) is 0 Å². The van der Waals surface area contributed by atoms with Gasteiger partial charge in [-0.25, -0.2) is 0 Å². The lowest BCUT2D eigenvalue weighted by atomic mass is 9.95. The molecule has 0 amide bonds. The Morgan fingerprint density at radius 2 is 2.15 bits per heavy atom. The van der Waals surface area contributed by atoms with E-state index < -0.39 is 0 Å². The molecule has 1 fully saturated rings. The predicted octanol–water partition coefficient (Wildman–Crippen LogP) is 2.47. The Hall–Kier alpha value is -1.34. The molecule has 3 heteroatoms. The molecule has 20 heavy (non-hydrogen) atoms. The molecule has 2 unspecified atom stereocenters. The van der Waals surface area contributed by atoms with Crippen molar-refractivity contribution >= 4 is 0 Å². The van der Waals surface area contributed by atoms with Gasteiger partial charge in [-0.2, -0.15) is 0 Å². The van der Waals surface area contributed by atoms with E-state index in [1.54, 1.807) is 7.11 Å². The number of ether oxygens (including phenoxy) is 2. The second-order valence-electron chi connectivity index (χ2n) is 5.16. The van der Waals surface area contributed by atoms with Gasteiger partial charge in [0, 0.05) is 12.7 Å². The summed E-state index contributed by atoms with van der Waals surface area (Å²) < 4.78 is 11.4. The van der Waals surface area contributed by atoms with Gasteiger partial charge in [0.15, 0.2) is 0 Å². The molecule has 2 rings (SSSR count). The number of nitrogens with two attached hydrogens (primary N) is 1. The molecule has 0 saturated heterocycles. The van der Waals surface area contributed by atoms with Crippen molar-refractivity contribution in [2.75, 3.05) is 13.7 Å². The largest absolute Gasteiger partial charge is 0.381 e. The highest BCUT2D eigenvalue weighted by molar-refractivity contribution is 5.37. The van der Waals surface area contributed by atoms with Crippen molar-refractivity contribution in [2.45, 2.75) is 44.5 Å². The Kier molecular flexibility index (Phi) is 6.07. The molecule has 1 aliphatic rings. The molecule has 1 aromatic rings. The smallest absolute Gasteiger partial charge is 0.0721 e. The van der Waals surface area contributed by atoms with Crippen LogP contribution in [0.25, 0.3) is 0 Å². The molecule has 0 radical (unpaired) electrons. The summed E-state index contributed by atoms with van der Waals surface area (Å²) in [4.78, 5) is 0. The molecule has 2 N–H and O–H groups in total. The van der Waals surface area contributed by atoms with Crippen molar-refractivity contribution in [3.63, 3.8) is 0 Å². The van der Waals surface area contributed by atoms with Crippen LogP contribution >= 0.6 is 0 Å². The highest BCUT2D eigenvalue weighted by Gasteiger charge is 2.22. The molecule has 0 aliphatic heterocycles. The summed E-state index contributed by atoms with van der Waals surface area (Å²) in [5.41, 5.74) is 7.54. The molecular formula is C17H23NO2. The average Bonchev–Trinajstić information content (AvgIpc) is 2.51. The molecule has 108 valence electrons.